The standard InChI is InChI=1S/C22H16N4OS2/c1-27-17-7-5-16(6-8-17)26-19(20-3-2-12-28-20)10-11-22(26)25-24-15-4-9-18-21(13-15)29-14-23-18/h2-14H,1H3. The fourth-order valence-electron chi connectivity index (χ4n) is 3.14. The minimum atomic E-state index is 0.767. The molecule has 0 saturated heterocycles. The van der Waals surface area contributed by atoms with E-state index < -0.39 is 0 Å². The van der Waals surface area contributed by atoms with Crippen LogP contribution < -0.4 is 4.74 Å². The molecule has 5 rings (SSSR count). The summed E-state index contributed by atoms with van der Waals surface area (Å²) in [4.78, 5) is 5.49. The zero-order valence-corrected chi connectivity index (χ0v) is 17.2. The van der Waals surface area contributed by atoms with E-state index in [0.29, 0.717) is 0 Å². The van der Waals surface area contributed by atoms with Gasteiger partial charge in [0.05, 0.1) is 39.1 Å². The first kappa shape index (κ1) is 17.8. The van der Waals surface area contributed by atoms with Crippen molar-refractivity contribution >= 4 is 44.4 Å². The number of methoxy groups -OCH3 is 1. The van der Waals surface area contributed by atoms with Crippen molar-refractivity contribution in [1.29, 1.82) is 0 Å². The molecule has 0 fully saturated rings. The maximum absolute atomic E-state index is 5.30. The Labute approximate surface area is 175 Å². The Hall–Kier alpha value is -3.29. The number of hydrogen-bond acceptors (Lipinski definition) is 6. The maximum Gasteiger partial charge on any atom is 0.160 e. The molecular weight excluding hydrogens is 400 g/mol. The summed E-state index contributed by atoms with van der Waals surface area (Å²) in [7, 11) is 1.67. The van der Waals surface area contributed by atoms with Crippen LogP contribution in [0, 0.1) is 0 Å². The lowest BCUT2D eigenvalue weighted by atomic mass is 10.2. The van der Waals surface area contributed by atoms with Gasteiger partial charge in [-0.3, -0.25) is 4.57 Å². The molecule has 3 heterocycles. The molecule has 0 spiro atoms. The van der Waals surface area contributed by atoms with Crippen LogP contribution in [0.1, 0.15) is 0 Å². The van der Waals surface area contributed by atoms with Crippen molar-refractivity contribution in [2.45, 2.75) is 0 Å². The van der Waals surface area contributed by atoms with Gasteiger partial charge in [-0.2, -0.15) is 0 Å². The van der Waals surface area contributed by atoms with Crippen molar-refractivity contribution in [3.05, 3.63) is 77.6 Å². The van der Waals surface area contributed by atoms with E-state index >= 15 is 0 Å². The second kappa shape index (κ2) is 7.62. The van der Waals surface area contributed by atoms with E-state index in [-0.39, 0.29) is 0 Å². The Morgan fingerprint density at radius 2 is 1.83 bits per heavy atom. The fourth-order valence-corrected chi connectivity index (χ4v) is 4.59. The molecule has 142 valence electrons. The van der Waals surface area contributed by atoms with Crippen LogP contribution >= 0.6 is 22.7 Å². The number of hydrogen-bond donors (Lipinski definition) is 0. The van der Waals surface area contributed by atoms with Crippen molar-refractivity contribution in [1.82, 2.24) is 9.55 Å². The van der Waals surface area contributed by atoms with Crippen molar-refractivity contribution in [2.24, 2.45) is 10.2 Å². The van der Waals surface area contributed by atoms with Gasteiger partial charge < -0.3 is 4.74 Å². The summed E-state index contributed by atoms with van der Waals surface area (Å²) < 4.78 is 8.51. The van der Waals surface area contributed by atoms with Crippen molar-refractivity contribution in [3.63, 3.8) is 0 Å². The molecule has 0 N–H and O–H groups in total. The first-order chi connectivity index (χ1) is 14.3. The molecule has 2 aromatic carbocycles. The minimum Gasteiger partial charge on any atom is -0.497 e. The average Bonchev–Trinajstić information content (AvgIpc) is 3.52. The number of aromatic nitrogens is 2. The second-order valence-electron chi connectivity index (χ2n) is 6.29. The summed E-state index contributed by atoms with van der Waals surface area (Å²) in [5.74, 6) is 1.59. The molecule has 0 aliphatic heterocycles. The summed E-state index contributed by atoms with van der Waals surface area (Å²) in [5, 5.41) is 11.1. The maximum atomic E-state index is 5.30. The number of rotatable bonds is 5. The highest BCUT2D eigenvalue weighted by atomic mass is 32.1. The predicted octanol–water partition coefficient (Wildman–Crippen LogP) is 7.24. The first-order valence-corrected chi connectivity index (χ1v) is 10.7. The third kappa shape index (κ3) is 3.46. The van der Waals surface area contributed by atoms with Gasteiger partial charge in [-0.05, 0) is 66.0 Å². The van der Waals surface area contributed by atoms with Crippen LogP contribution in [-0.4, -0.2) is 16.7 Å². The highest BCUT2D eigenvalue weighted by Crippen LogP contribution is 2.35. The molecule has 0 aliphatic rings. The lowest BCUT2D eigenvalue weighted by molar-refractivity contribution is 0.415. The van der Waals surface area contributed by atoms with Gasteiger partial charge in [0, 0.05) is 5.69 Å². The topological polar surface area (TPSA) is 51.8 Å². The Bertz CT molecular complexity index is 1280. The van der Waals surface area contributed by atoms with Gasteiger partial charge in [-0.25, -0.2) is 4.98 Å². The van der Waals surface area contributed by atoms with Crippen LogP contribution in [0.2, 0.25) is 0 Å². The molecule has 7 heteroatoms. The van der Waals surface area contributed by atoms with Crippen LogP contribution in [0.25, 0.3) is 26.5 Å². The summed E-state index contributed by atoms with van der Waals surface area (Å²) in [6.07, 6.45) is 0. The Balaban J connectivity index is 1.58. The largest absolute Gasteiger partial charge is 0.497 e. The smallest absolute Gasteiger partial charge is 0.160 e. The highest BCUT2D eigenvalue weighted by molar-refractivity contribution is 7.16. The number of azo groups is 1. The summed E-state index contributed by atoms with van der Waals surface area (Å²) in [5.41, 5.74) is 5.72. The molecule has 0 saturated carbocycles. The molecule has 3 aromatic heterocycles. The third-order valence-electron chi connectivity index (χ3n) is 4.55. The normalized spacial score (nSPS) is 11.5. The molecule has 0 aliphatic carbocycles. The lowest BCUT2D eigenvalue weighted by Gasteiger charge is -2.11. The van der Waals surface area contributed by atoms with Crippen molar-refractivity contribution in [3.8, 4) is 22.0 Å². The summed E-state index contributed by atoms with van der Waals surface area (Å²) >= 11 is 3.30. The zero-order valence-electron chi connectivity index (χ0n) is 15.5. The van der Waals surface area contributed by atoms with E-state index in [1.807, 2.05) is 54.0 Å². The van der Waals surface area contributed by atoms with Gasteiger partial charge in [-0.15, -0.1) is 32.9 Å². The van der Waals surface area contributed by atoms with E-state index in [1.165, 1.54) is 4.88 Å². The van der Waals surface area contributed by atoms with Gasteiger partial charge in [0.15, 0.2) is 5.82 Å². The fraction of sp³-hybridized carbons (Fsp3) is 0.0455. The van der Waals surface area contributed by atoms with Crippen LogP contribution in [0.5, 0.6) is 5.75 Å². The molecule has 0 atom stereocenters. The molecule has 5 aromatic rings. The SMILES string of the molecule is COc1ccc(-n2c(N=Nc3ccc4ncsc4c3)ccc2-c2cccs2)cc1. The summed E-state index contributed by atoms with van der Waals surface area (Å²) in [6.45, 7) is 0. The van der Waals surface area contributed by atoms with Gasteiger partial charge >= 0.3 is 0 Å². The van der Waals surface area contributed by atoms with E-state index in [1.54, 1.807) is 29.8 Å². The number of thiophene rings is 1. The van der Waals surface area contributed by atoms with E-state index in [0.717, 1.165) is 38.9 Å². The van der Waals surface area contributed by atoms with E-state index in [4.69, 9.17) is 4.74 Å². The monoisotopic (exact) mass is 416 g/mol. The van der Waals surface area contributed by atoms with Gasteiger partial charge in [0.1, 0.15) is 5.75 Å². The number of nitrogens with zero attached hydrogens (tertiary/aromatic N) is 4. The van der Waals surface area contributed by atoms with Gasteiger partial charge in [-0.1, -0.05) is 6.07 Å². The summed E-state index contributed by atoms with van der Waals surface area (Å²) in [6, 6.07) is 22.1. The molecule has 29 heavy (non-hydrogen) atoms. The van der Waals surface area contributed by atoms with Crippen molar-refractivity contribution < 1.29 is 4.74 Å². The second-order valence-corrected chi connectivity index (χ2v) is 8.13. The van der Waals surface area contributed by atoms with Crippen molar-refractivity contribution in [2.75, 3.05) is 7.11 Å². The van der Waals surface area contributed by atoms with E-state index in [9.17, 15) is 0 Å². The van der Waals surface area contributed by atoms with Crippen LogP contribution in [-0.2, 0) is 0 Å². The van der Waals surface area contributed by atoms with Crippen LogP contribution in [0.4, 0.5) is 11.5 Å². The Morgan fingerprint density at radius 1 is 0.931 bits per heavy atom. The Morgan fingerprint density at radius 3 is 2.62 bits per heavy atom. The Kier molecular flexibility index (Phi) is 4.67. The molecule has 5 nitrogen and oxygen atoms in total. The highest BCUT2D eigenvalue weighted by Gasteiger charge is 2.13. The molecular formula is C22H16N4OS2. The molecule has 0 bridgehead atoms. The third-order valence-corrected chi connectivity index (χ3v) is 6.23. The number of fused-ring (bicyclic) bond motifs is 1. The predicted molar refractivity (Wildman–Crippen MR) is 119 cm³/mol. The number of thiazole rings is 1. The lowest BCUT2D eigenvalue weighted by Crippen LogP contribution is -1.95. The zero-order chi connectivity index (χ0) is 19.6. The molecule has 0 radical (unpaired) electrons. The van der Waals surface area contributed by atoms with E-state index in [2.05, 4.69) is 43.4 Å². The number of benzene rings is 2. The molecule has 0 amide bonds. The van der Waals surface area contributed by atoms with Gasteiger partial charge in [0.2, 0.25) is 0 Å². The molecule has 0 unspecified atom stereocenters. The number of ether oxygens (including phenoxy) is 1. The first-order valence-electron chi connectivity index (χ1n) is 8.97. The van der Waals surface area contributed by atoms with Crippen LogP contribution in [0.3, 0.4) is 0 Å². The van der Waals surface area contributed by atoms with Crippen LogP contribution in [0.15, 0.2) is 87.8 Å². The average molecular weight is 417 g/mol. The van der Waals surface area contributed by atoms with Gasteiger partial charge in [0.25, 0.3) is 0 Å². The minimum absolute atomic E-state index is 0.767. The quantitative estimate of drug-likeness (QED) is 0.284.